The van der Waals surface area contributed by atoms with Crippen LogP contribution >= 0.6 is 0 Å². The van der Waals surface area contributed by atoms with Crippen molar-refractivity contribution < 1.29 is 25.9 Å². The number of anilines is 4. The van der Waals surface area contributed by atoms with Gasteiger partial charge in [-0.05, 0) is 23.3 Å². The first-order valence-electron chi connectivity index (χ1n) is 9.80. The summed E-state index contributed by atoms with van der Waals surface area (Å²) in [6.07, 6.45) is 7.31. The number of benzene rings is 2. The van der Waals surface area contributed by atoms with E-state index in [-0.39, 0.29) is 34.4 Å². The zero-order valence-electron chi connectivity index (χ0n) is 18.0. The Morgan fingerprint density at radius 1 is 0.611 bits per heavy atom. The van der Waals surface area contributed by atoms with E-state index < -0.39 is 30.0 Å². The predicted octanol–water partition coefficient (Wildman–Crippen LogP) is 2.21. The standard InChI is InChI=1S/C20H16N8O6S2/c29-35(30,31)17-13(3-1-5-15(17)27-19-23-9-21-10-24-19)7-8-14-4-2-6-16(18(14)36(32,33)34)28-20-25-11-22-12-26-20/h1-12H,(H,29,30,31)(H,32,33,34)(H,21,23,24,27)(H,22,25,26,28)/b8-7+. The van der Waals surface area contributed by atoms with Crippen molar-refractivity contribution in [3.8, 4) is 0 Å². The molecule has 2 heterocycles. The lowest BCUT2D eigenvalue weighted by Gasteiger charge is -2.13. The number of nitrogens with zero attached hydrogens (tertiary/aromatic N) is 6. The molecule has 4 rings (SSSR count). The van der Waals surface area contributed by atoms with Gasteiger partial charge in [-0.25, -0.2) is 29.9 Å². The van der Waals surface area contributed by atoms with Crippen LogP contribution in [0, 0.1) is 0 Å². The summed E-state index contributed by atoms with van der Waals surface area (Å²) >= 11 is 0. The molecule has 14 nitrogen and oxygen atoms in total. The van der Waals surface area contributed by atoms with E-state index in [9.17, 15) is 25.9 Å². The zero-order chi connectivity index (χ0) is 25.8. The number of hydrogen-bond donors (Lipinski definition) is 4. The molecule has 0 aliphatic carbocycles. The van der Waals surface area contributed by atoms with Crippen molar-refractivity contribution in [2.75, 3.05) is 10.6 Å². The molecule has 2 aromatic heterocycles. The third-order valence-corrected chi connectivity index (χ3v) is 6.47. The highest BCUT2D eigenvalue weighted by Crippen LogP contribution is 2.31. The SMILES string of the molecule is O=S(=O)(O)c1c(/C=C/c2cccc(Nc3ncncn3)c2S(=O)(=O)O)cccc1Nc1ncncn1. The lowest BCUT2D eigenvalue weighted by atomic mass is 10.1. The van der Waals surface area contributed by atoms with Crippen LogP contribution in [0.3, 0.4) is 0 Å². The summed E-state index contributed by atoms with van der Waals surface area (Å²) in [7, 11) is -9.53. The normalized spacial score (nSPS) is 11.9. The average Bonchev–Trinajstić information content (AvgIpc) is 2.83. The van der Waals surface area contributed by atoms with Crippen LogP contribution in [0.2, 0.25) is 0 Å². The lowest BCUT2D eigenvalue weighted by molar-refractivity contribution is 0.481. The van der Waals surface area contributed by atoms with E-state index in [1.165, 1.54) is 73.9 Å². The van der Waals surface area contributed by atoms with E-state index in [0.717, 1.165) is 0 Å². The van der Waals surface area contributed by atoms with Gasteiger partial charge in [0.25, 0.3) is 20.2 Å². The second kappa shape index (κ2) is 10.1. The summed E-state index contributed by atoms with van der Waals surface area (Å²) in [5.41, 5.74) is -0.0560. The van der Waals surface area contributed by atoms with Crippen molar-refractivity contribution in [1.29, 1.82) is 0 Å². The van der Waals surface area contributed by atoms with E-state index >= 15 is 0 Å². The molecule has 0 atom stereocenters. The van der Waals surface area contributed by atoms with E-state index in [1.54, 1.807) is 0 Å². The van der Waals surface area contributed by atoms with Crippen molar-refractivity contribution in [2.24, 2.45) is 0 Å². The lowest BCUT2D eigenvalue weighted by Crippen LogP contribution is -2.08. The Kier molecular flexibility index (Phi) is 6.93. The molecule has 184 valence electrons. The maximum atomic E-state index is 12.2. The minimum absolute atomic E-state index is 0.00803. The average molecular weight is 529 g/mol. The summed E-state index contributed by atoms with van der Waals surface area (Å²) in [4.78, 5) is 21.8. The number of nitrogens with one attached hydrogen (secondary N) is 2. The number of aromatic nitrogens is 6. The molecule has 0 amide bonds. The van der Waals surface area contributed by atoms with Crippen LogP contribution in [0.5, 0.6) is 0 Å². The van der Waals surface area contributed by atoms with Crippen molar-refractivity contribution in [2.45, 2.75) is 9.79 Å². The molecule has 0 aliphatic heterocycles. The van der Waals surface area contributed by atoms with Gasteiger partial charge in [-0.15, -0.1) is 0 Å². The zero-order valence-corrected chi connectivity index (χ0v) is 19.6. The fourth-order valence-electron chi connectivity index (χ4n) is 3.17. The molecule has 0 saturated heterocycles. The largest absolute Gasteiger partial charge is 0.323 e. The van der Waals surface area contributed by atoms with E-state index in [1.807, 2.05) is 0 Å². The van der Waals surface area contributed by atoms with Gasteiger partial charge in [0.15, 0.2) is 0 Å². The van der Waals surface area contributed by atoms with Crippen LogP contribution in [0.4, 0.5) is 23.3 Å². The Labute approximate surface area is 204 Å². The molecule has 36 heavy (non-hydrogen) atoms. The second-order valence-corrected chi connectivity index (χ2v) is 9.62. The fourth-order valence-corrected chi connectivity index (χ4v) is 4.83. The van der Waals surface area contributed by atoms with Gasteiger partial charge in [0.05, 0.1) is 11.4 Å². The van der Waals surface area contributed by atoms with Gasteiger partial charge in [0, 0.05) is 0 Å². The van der Waals surface area contributed by atoms with Crippen molar-refractivity contribution >= 4 is 55.7 Å². The molecule has 0 bridgehead atoms. The van der Waals surface area contributed by atoms with Gasteiger partial charge in [-0.2, -0.15) is 16.8 Å². The Morgan fingerprint density at radius 2 is 0.972 bits per heavy atom. The van der Waals surface area contributed by atoms with Crippen LogP contribution in [0.1, 0.15) is 11.1 Å². The van der Waals surface area contributed by atoms with Crippen LogP contribution in [0.15, 0.2) is 71.5 Å². The van der Waals surface area contributed by atoms with Crippen molar-refractivity contribution in [3.63, 3.8) is 0 Å². The van der Waals surface area contributed by atoms with E-state index in [2.05, 4.69) is 40.5 Å². The summed E-state index contributed by atoms with van der Waals surface area (Å²) in [5, 5.41) is 5.38. The van der Waals surface area contributed by atoms with Crippen molar-refractivity contribution in [1.82, 2.24) is 29.9 Å². The quantitative estimate of drug-likeness (QED) is 0.191. The Balaban J connectivity index is 1.79. The van der Waals surface area contributed by atoms with Gasteiger partial charge in [-0.1, -0.05) is 36.4 Å². The summed E-state index contributed by atoms with van der Waals surface area (Å²) in [6, 6.07) is 8.54. The third kappa shape index (κ3) is 5.81. The predicted molar refractivity (Wildman–Crippen MR) is 128 cm³/mol. The number of hydrogen-bond acceptors (Lipinski definition) is 12. The second-order valence-electron chi connectivity index (χ2n) is 6.90. The minimum Gasteiger partial charge on any atom is -0.323 e. The van der Waals surface area contributed by atoms with Gasteiger partial charge in [0.2, 0.25) is 11.9 Å². The Morgan fingerprint density at radius 3 is 1.31 bits per heavy atom. The molecule has 0 radical (unpaired) electrons. The molecular weight excluding hydrogens is 512 g/mol. The highest BCUT2D eigenvalue weighted by molar-refractivity contribution is 7.86. The molecule has 0 fully saturated rings. The molecule has 0 spiro atoms. The van der Waals surface area contributed by atoms with E-state index in [0.29, 0.717) is 0 Å². The van der Waals surface area contributed by atoms with Gasteiger partial charge >= 0.3 is 0 Å². The first-order chi connectivity index (χ1) is 17.1. The molecule has 4 aromatic rings. The topological polar surface area (TPSA) is 210 Å². The minimum atomic E-state index is -4.76. The van der Waals surface area contributed by atoms with Crippen LogP contribution in [-0.4, -0.2) is 55.8 Å². The van der Waals surface area contributed by atoms with Crippen LogP contribution < -0.4 is 10.6 Å². The number of rotatable bonds is 8. The first kappa shape index (κ1) is 24.7. The van der Waals surface area contributed by atoms with Crippen LogP contribution in [0.25, 0.3) is 12.2 Å². The smallest absolute Gasteiger partial charge is 0.297 e. The summed E-state index contributed by atoms with van der Waals surface area (Å²) < 4.78 is 68.7. The van der Waals surface area contributed by atoms with Crippen molar-refractivity contribution in [3.05, 3.63) is 72.8 Å². The summed E-state index contributed by atoms with van der Waals surface area (Å²) in [6.45, 7) is 0. The molecular formula is C20H16N8O6S2. The molecule has 2 aromatic carbocycles. The Bertz CT molecular complexity index is 1510. The highest BCUT2D eigenvalue weighted by Gasteiger charge is 2.22. The maximum absolute atomic E-state index is 12.2. The highest BCUT2D eigenvalue weighted by atomic mass is 32.2. The van der Waals surface area contributed by atoms with E-state index in [4.69, 9.17) is 0 Å². The molecule has 0 aliphatic rings. The third-order valence-electron chi connectivity index (χ3n) is 4.53. The fraction of sp³-hybridized carbons (Fsp3) is 0. The first-order valence-corrected chi connectivity index (χ1v) is 12.7. The molecule has 16 heteroatoms. The maximum Gasteiger partial charge on any atom is 0.297 e. The molecule has 4 N–H and O–H groups in total. The Hall–Kier alpha value is -4.38. The van der Waals surface area contributed by atoms with Gasteiger partial charge in [0.1, 0.15) is 35.1 Å². The van der Waals surface area contributed by atoms with Gasteiger partial charge in [-0.3, -0.25) is 9.11 Å². The monoisotopic (exact) mass is 528 g/mol. The molecule has 0 saturated carbocycles. The summed E-state index contributed by atoms with van der Waals surface area (Å²) in [5.74, 6) is 0.0589. The van der Waals surface area contributed by atoms with Crippen LogP contribution in [-0.2, 0) is 20.2 Å². The molecule has 0 unspecified atom stereocenters. The van der Waals surface area contributed by atoms with Gasteiger partial charge < -0.3 is 10.6 Å².